The van der Waals surface area contributed by atoms with Crippen molar-refractivity contribution in [2.24, 2.45) is 0 Å². The molecular formula is C23H28N4O. The van der Waals surface area contributed by atoms with E-state index in [0.29, 0.717) is 25.2 Å². The number of benzene rings is 2. The fraction of sp³-hybridized carbons (Fsp3) is 0.391. The van der Waals surface area contributed by atoms with Gasteiger partial charge in [0, 0.05) is 19.5 Å². The van der Waals surface area contributed by atoms with Crippen molar-refractivity contribution in [2.75, 3.05) is 20.1 Å². The molecule has 0 unspecified atom stereocenters. The Bertz CT molecular complexity index is 883. The molecule has 0 bridgehead atoms. The number of hydrogen-bond acceptors (Lipinski definition) is 4. The molecule has 1 saturated heterocycles. The van der Waals surface area contributed by atoms with E-state index >= 15 is 0 Å². The van der Waals surface area contributed by atoms with E-state index in [4.69, 9.17) is 10.1 Å². The van der Waals surface area contributed by atoms with Crippen LogP contribution in [0.25, 0.3) is 0 Å². The van der Waals surface area contributed by atoms with Gasteiger partial charge in [-0.05, 0) is 37.4 Å². The van der Waals surface area contributed by atoms with Crippen LogP contribution < -0.4 is 0 Å². The number of rotatable bonds is 6. The van der Waals surface area contributed by atoms with Crippen LogP contribution in [0.15, 0.2) is 60.7 Å². The van der Waals surface area contributed by atoms with Crippen LogP contribution in [0.4, 0.5) is 0 Å². The lowest BCUT2D eigenvalue weighted by Crippen LogP contribution is -2.42. The van der Waals surface area contributed by atoms with Gasteiger partial charge in [-0.15, -0.1) is 0 Å². The van der Waals surface area contributed by atoms with Crippen LogP contribution in [-0.4, -0.2) is 44.9 Å². The SMILES string of the molecule is CN1CCC(O)(c2nc(CCc3ccccc3)nn2Cc2ccccc2)CC1. The van der Waals surface area contributed by atoms with Crippen molar-refractivity contribution in [3.05, 3.63) is 83.4 Å². The zero-order valence-electron chi connectivity index (χ0n) is 16.5. The topological polar surface area (TPSA) is 54.2 Å². The van der Waals surface area contributed by atoms with Crippen LogP contribution >= 0.6 is 0 Å². The number of hydrogen-bond donors (Lipinski definition) is 1. The van der Waals surface area contributed by atoms with Gasteiger partial charge in [0.05, 0.1) is 6.54 Å². The summed E-state index contributed by atoms with van der Waals surface area (Å²) in [5.41, 5.74) is 1.54. The number of nitrogens with zero attached hydrogens (tertiary/aromatic N) is 4. The van der Waals surface area contributed by atoms with E-state index in [1.165, 1.54) is 11.1 Å². The second-order valence-electron chi connectivity index (χ2n) is 7.82. The summed E-state index contributed by atoms with van der Waals surface area (Å²) in [7, 11) is 2.10. The molecule has 2 aromatic carbocycles. The van der Waals surface area contributed by atoms with Gasteiger partial charge in [-0.2, -0.15) is 5.10 Å². The summed E-state index contributed by atoms with van der Waals surface area (Å²) in [6, 6.07) is 20.7. The average molecular weight is 377 g/mol. The van der Waals surface area contributed by atoms with Gasteiger partial charge in [0.25, 0.3) is 0 Å². The molecule has 1 aliphatic rings. The van der Waals surface area contributed by atoms with E-state index in [2.05, 4.69) is 48.3 Å². The zero-order chi connectivity index (χ0) is 19.4. The van der Waals surface area contributed by atoms with Gasteiger partial charge >= 0.3 is 0 Å². The summed E-state index contributed by atoms with van der Waals surface area (Å²) in [6.45, 7) is 2.37. The predicted octanol–water partition coefficient (Wildman–Crippen LogP) is 3.02. The molecule has 1 fully saturated rings. The van der Waals surface area contributed by atoms with Gasteiger partial charge in [0.15, 0.2) is 11.6 Å². The van der Waals surface area contributed by atoms with Crippen LogP contribution in [0.1, 0.15) is 35.6 Å². The number of aromatic nitrogens is 3. The Hall–Kier alpha value is -2.50. The van der Waals surface area contributed by atoms with Crippen molar-refractivity contribution >= 4 is 0 Å². The van der Waals surface area contributed by atoms with Crippen LogP contribution in [0.3, 0.4) is 0 Å². The van der Waals surface area contributed by atoms with Gasteiger partial charge < -0.3 is 10.0 Å². The molecule has 3 aromatic rings. The molecule has 0 aliphatic carbocycles. The van der Waals surface area contributed by atoms with Crippen molar-refractivity contribution in [3.8, 4) is 0 Å². The summed E-state index contributed by atoms with van der Waals surface area (Å²) in [5, 5.41) is 16.2. The monoisotopic (exact) mass is 376 g/mol. The number of aryl methyl sites for hydroxylation is 2. The maximum absolute atomic E-state index is 11.4. The predicted molar refractivity (Wildman–Crippen MR) is 110 cm³/mol. The second kappa shape index (κ2) is 8.25. The summed E-state index contributed by atoms with van der Waals surface area (Å²) in [6.07, 6.45) is 3.05. The molecule has 0 saturated carbocycles. The van der Waals surface area contributed by atoms with Crippen molar-refractivity contribution in [1.82, 2.24) is 19.7 Å². The van der Waals surface area contributed by atoms with Gasteiger partial charge in [-0.1, -0.05) is 60.7 Å². The van der Waals surface area contributed by atoms with Crippen molar-refractivity contribution in [1.29, 1.82) is 0 Å². The highest BCUT2D eigenvalue weighted by Gasteiger charge is 2.38. The first-order valence-electron chi connectivity index (χ1n) is 10.1. The lowest BCUT2D eigenvalue weighted by Gasteiger charge is -2.35. The Labute approximate surface area is 166 Å². The first-order chi connectivity index (χ1) is 13.6. The molecule has 2 heterocycles. The van der Waals surface area contributed by atoms with E-state index in [1.54, 1.807) is 0 Å². The van der Waals surface area contributed by atoms with Crippen molar-refractivity contribution < 1.29 is 5.11 Å². The maximum Gasteiger partial charge on any atom is 0.159 e. The van der Waals surface area contributed by atoms with E-state index in [9.17, 15) is 5.11 Å². The van der Waals surface area contributed by atoms with Crippen LogP contribution in [0.5, 0.6) is 0 Å². The van der Waals surface area contributed by atoms with Crippen molar-refractivity contribution in [3.63, 3.8) is 0 Å². The van der Waals surface area contributed by atoms with Crippen LogP contribution in [0, 0.1) is 0 Å². The molecule has 0 radical (unpaired) electrons. The third-order valence-electron chi connectivity index (χ3n) is 5.60. The number of aliphatic hydroxyl groups is 1. The first-order valence-corrected chi connectivity index (χ1v) is 10.1. The molecule has 1 N–H and O–H groups in total. The maximum atomic E-state index is 11.4. The Morgan fingerprint density at radius 1 is 0.893 bits per heavy atom. The minimum Gasteiger partial charge on any atom is -0.382 e. The number of likely N-dealkylation sites (tertiary alicyclic amines) is 1. The molecule has 0 amide bonds. The highest BCUT2D eigenvalue weighted by Crippen LogP contribution is 2.31. The lowest BCUT2D eigenvalue weighted by molar-refractivity contribution is -0.0308. The van der Waals surface area contributed by atoms with Crippen molar-refractivity contribution in [2.45, 2.75) is 37.8 Å². The van der Waals surface area contributed by atoms with Crippen LogP contribution in [-0.2, 0) is 25.0 Å². The van der Waals surface area contributed by atoms with Gasteiger partial charge in [0.1, 0.15) is 5.60 Å². The van der Waals surface area contributed by atoms with E-state index < -0.39 is 5.60 Å². The minimum atomic E-state index is -0.903. The standard InChI is InChI=1S/C23H28N4O/c1-26-16-14-23(28,15-17-26)22-24-21(13-12-19-8-4-2-5-9-19)25-27(22)18-20-10-6-3-7-11-20/h2-11,28H,12-18H2,1H3. The molecule has 146 valence electrons. The Morgan fingerprint density at radius 2 is 1.50 bits per heavy atom. The summed E-state index contributed by atoms with van der Waals surface area (Å²) < 4.78 is 1.92. The minimum absolute atomic E-state index is 0.632. The molecule has 1 aromatic heterocycles. The van der Waals surface area contributed by atoms with E-state index in [-0.39, 0.29) is 0 Å². The summed E-state index contributed by atoms with van der Waals surface area (Å²) in [4.78, 5) is 7.08. The molecule has 28 heavy (non-hydrogen) atoms. The number of piperidine rings is 1. The van der Waals surface area contributed by atoms with Gasteiger partial charge in [-0.25, -0.2) is 9.67 Å². The second-order valence-corrected chi connectivity index (χ2v) is 7.82. The Balaban J connectivity index is 1.59. The van der Waals surface area contributed by atoms with Gasteiger partial charge in [0.2, 0.25) is 0 Å². The van der Waals surface area contributed by atoms with E-state index in [1.807, 2.05) is 28.9 Å². The quantitative estimate of drug-likeness (QED) is 0.719. The van der Waals surface area contributed by atoms with Crippen LogP contribution in [0.2, 0.25) is 0 Å². The smallest absolute Gasteiger partial charge is 0.159 e. The largest absolute Gasteiger partial charge is 0.382 e. The highest BCUT2D eigenvalue weighted by molar-refractivity contribution is 5.18. The Morgan fingerprint density at radius 3 is 2.14 bits per heavy atom. The first kappa shape index (κ1) is 18.8. The molecule has 1 aliphatic heterocycles. The average Bonchev–Trinajstić information content (AvgIpc) is 3.14. The highest BCUT2D eigenvalue weighted by atomic mass is 16.3. The molecule has 5 nitrogen and oxygen atoms in total. The zero-order valence-corrected chi connectivity index (χ0v) is 16.5. The normalized spacial score (nSPS) is 16.9. The fourth-order valence-electron chi connectivity index (χ4n) is 3.82. The third-order valence-corrected chi connectivity index (χ3v) is 5.60. The molecule has 5 heteroatoms. The Kier molecular flexibility index (Phi) is 5.55. The molecule has 0 atom stereocenters. The summed E-state index contributed by atoms with van der Waals surface area (Å²) in [5.74, 6) is 1.52. The molecular weight excluding hydrogens is 348 g/mol. The fourth-order valence-corrected chi connectivity index (χ4v) is 3.82. The molecule has 0 spiro atoms. The van der Waals surface area contributed by atoms with E-state index in [0.717, 1.165) is 31.8 Å². The molecule has 4 rings (SSSR count). The third kappa shape index (κ3) is 4.32. The summed E-state index contributed by atoms with van der Waals surface area (Å²) >= 11 is 0. The van der Waals surface area contributed by atoms with Gasteiger partial charge in [-0.3, -0.25) is 0 Å². The lowest BCUT2D eigenvalue weighted by atomic mass is 9.90.